The first-order valence-corrected chi connectivity index (χ1v) is 4.11. The van der Waals surface area contributed by atoms with E-state index < -0.39 is 14.6 Å². The lowest BCUT2D eigenvalue weighted by Crippen LogP contribution is -2.28. The zero-order valence-corrected chi connectivity index (χ0v) is 6.62. The van der Waals surface area contributed by atoms with Gasteiger partial charge in [0.15, 0.2) is 9.84 Å². The molecule has 9 heavy (non-hydrogen) atoms. The molecule has 3 nitrogen and oxygen atoms in total. The Balaban J connectivity index is 4.79. The first-order chi connectivity index (χ1) is 3.81. The van der Waals surface area contributed by atoms with E-state index in [4.69, 9.17) is 5.41 Å². The van der Waals surface area contributed by atoms with Crippen LogP contribution in [0.1, 0.15) is 20.8 Å². The summed E-state index contributed by atoms with van der Waals surface area (Å²) in [5.74, 6) is 0. The van der Waals surface area contributed by atoms with Gasteiger partial charge < -0.3 is 0 Å². The van der Waals surface area contributed by atoms with Crippen molar-refractivity contribution in [2.45, 2.75) is 25.5 Å². The maximum Gasteiger partial charge on any atom is 0.192 e. The number of hydrogen-bond donors (Lipinski definition) is 1. The summed E-state index contributed by atoms with van der Waals surface area (Å²) in [6, 6.07) is 0. The molecule has 0 amide bonds. The minimum Gasteiger partial charge on any atom is -0.297 e. The molecule has 0 rings (SSSR count). The summed E-state index contributed by atoms with van der Waals surface area (Å²) in [5, 5.41) is 6.55. The molecule has 54 valence electrons. The Morgan fingerprint density at radius 2 is 1.67 bits per heavy atom. The molecule has 0 bridgehead atoms. The molecule has 0 radical (unpaired) electrons. The topological polar surface area (TPSA) is 58.0 Å². The second-order valence-corrected chi connectivity index (χ2v) is 5.33. The molecule has 0 saturated carbocycles. The van der Waals surface area contributed by atoms with E-state index in [1.54, 1.807) is 20.8 Å². The molecule has 0 heterocycles. The summed E-state index contributed by atoms with van der Waals surface area (Å²) in [6.07, 6.45) is 0. The summed E-state index contributed by atoms with van der Waals surface area (Å²) in [4.78, 5) is 0. The molecule has 0 atom stereocenters. The molecule has 0 aliphatic rings. The fourth-order valence-electron chi connectivity index (χ4n) is 0.177. The Kier molecular flexibility index (Phi) is 2.01. The summed E-state index contributed by atoms with van der Waals surface area (Å²) in [7, 11) is -3.29. The van der Waals surface area contributed by atoms with Crippen LogP contribution >= 0.6 is 0 Å². The molecule has 0 spiro atoms. The molecule has 4 heteroatoms. The Morgan fingerprint density at radius 3 is 1.67 bits per heavy atom. The molecule has 0 fully saturated rings. The molecular weight excluding hydrogens is 138 g/mol. The van der Waals surface area contributed by atoms with Crippen molar-refractivity contribution in [2.75, 3.05) is 0 Å². The lowest BCUT2D eigenvalue weighted by Gasteiger charge is -2.13. The van der Waals surface area contributed by atoms with Gasteiger partial charge in [-0.25, -0.2) is 8.42 Å². The molecule has 0 aromatic rings. The molecular formula is C5H11NO2S. The minimum absolute atomic E-state index is 0.493. The average Bonchev–Trinajstić information content (AvgIpc) is 1.64. The van der Waals surface area contributed by atoms with E-state index in [0.717, 1.165) is 0 Å². The van der Waals surface area contributed by atoms with Crippen molar-refractivity contribution >= 4 is 15.4 Å². The van der Waals surface area contributed by atoms with Gasteiger partial charge in [-0.15, -0.1) is 0 Å². The Labute approximate surface area is 55.5 Å². The first-order valence-electron chi connectivity index (χ1n) is 2.56. The largest absolute Gasteiger partial charge is 0.297 e. The third-order valence-corrected chi connectivity index (χ3v) is 3.03. The van der Waals surface area contributed by atoms with Crippen LogP contribution in [0.3, 0.4) is 0 Å². The van der Waals surface area contributed by atoms with Crippen LogP contribution in [-0.2, 0) is 9.84 Å². The van der Waals surface area contributed by atoms with Gasteiger partial charge in [0, 0.05) is 0 Å². The molecule has 0 aromatic carbocycles. The third-order valence-electron chi connectivity index (χ3n) is 1.01. The standard InChI is InChI=1S/C5H11NO2S/c1-5(2,3)9(7,8)4-6/h4,6H,1-3H3. The summed E-state index contributed by atoms with van der Waals surface area (Å²) >= 11 is 0. The predicted octanol–water partition coefficient (Wildman–Crippen LogP) is 0.807. The summed E-state index contributed by atoms with van der Waals surface area (Å²) in [6.45, 7) is 4.69. The van der Waals surface area contributed by atoms with Gasteiger partial charge in [0.05, 0.1) is 4.75 Å². The normalized spacial score (nSPS) is 13.2. The first kappa shape index (κ1) is 8.62. The van der Waals surface area contributed by atoms with E-state index in [0.29, 0.717) is 5.55 Å². The predicted molar refractivity (Wildman–Crippen MR) is 37.5 cm³/mol. The number of nitrogens with one attached hydrogen (secondary N) is 1. The van der Waals surface area contributed by atoms with Crippen LogP contribution in [0.4, 0.5) is 0 Å². The summed E-state index contributed by atoms with van der Waals surface area (Å²) in [5.41, 5.74) is 0.493. The zero-order chi connectivity index (χ0) is 7.71. The highest BCUT2D eigenvalue weighted by Crippen LogP contribution is 2.12. The molecule has 0 aromatic heterocycles. The van der Waals surface area contributed by atoms with Crippen molar-refractivity contribution in [3.8, 4) is 0 Å². The van der Waals surface area contributed by atoms with E-state index in [-0.39, 0.29) is 0 Å². The van der Waals surface area contributed by atoms with Gasteiger partial charge in [-0.3, -0.25) is 5.41 Å². The van der Waals surface area contributed by atoms with Gasteiger partial charge in [0.2, 0.25) is 0 Å². The van der Waals surface area contributed by atoms with Crippen LogP contribution in [0.2, 0.25) is 0 Å². The monoisotopic (exact) mass is 149 g/mol. The molecule has 0 aliphatic carbocycles. The van der Waals surface area contributed by atoms with E-state index in [1.165, 1.54) is 0 Å². The Hall–Kier alpha value is -0.380. The number of hydrogen-bond acceptors (Lipinski definition) is 3. The lowest BCUT2D eigenvalue weighted by molar-refractivity contribution is 0.574. The number of sulfone groups is 1. The third kappa shape index (κ3) is 1.78. The fraction of sp³-hybridized carbons (Fsp3) is 0.800. The van der Waals surface area contributed by atoms with Crippen LogP contribution in [0.25, 0.3) is 0 Å². The zero-order valence-electron chi connectivity index (χ0n) is 5.80. The smallest absolute Gasteiger partial charge is 0.192 e. The maximum absolute atomic E-state index is 10.8. The molecule has 0 aliphatic heterocycles. The van der Waals surface area contributed by atoms with Gasteiger partial charge in [0.1, 0.15) is 5.55 Å². The SMILES string of the molecule is CC(C)(C)S(=O)(=O)C=N. The second kappa shape index (κ2) is 2.10. The van der Waals surface area contributed by atoms with Crippen molar-refractivity contribution < 1.29 is 8.42 Å². The maximum atomic E-state index is 10.8. The Bertz CT molecular complexity index is 197. The second-order valence-electron chi connectivity index (χ2n) is 2.78. The average molecular weight is 149 g/mol. The van der Waals surface area contributed by atoms with Crippen molar-refractivity contribution in [1.29, 1.82) is 5.41 Å². The highest BCUT2D eigenvalue weighted by atomic mass is 32.2. The quantitative estimate of drug-likeness (QED) is 0.443. The molecule has 0 saturated heterocycles. The minimum atomic E-state index is -3.29. The van der Waals surface area contributed by atoms with E-state index in [1.807, 2.05) is 0 Å². The highest BCUT2D eigenvalue weighted by molar-refractivity contribution is 8.05. The summed E-state index contributed by atoms with van der Waals surface area (Å²) < 4.78 is 20.7. The highest BCUT2D eigenvalue weighted by Gasteiger charge is 2.26. The molecule has 0 unspecified atom stereocenters. The van der Waals surface area contributed by atoms with Crippen molar-refractivity contribution in [2.24, 2.45) is 0 Å². The lowest BCUT2D eigenvalue weighted by atomic mass is 10.3. The van der Waals surface area contributed by atoms with Crippen molar-refractivity contribution in [3.63, 3.8) is 0 Å². The van der Waals surface area contributed by atoms with Crippen LogP contribution in [-0.4, -0.2) is 18.7 Å². The van der Waals surface area contributed by atoms with Gasteiger partial charge in [-0.1, -0.05) is 0 Å². The molecule has 1 N–H and O–H groups in total. The van der Waals surface area contributed by atoms with Crippen LogP contribution in [0.5, 0.6) is 0 Å². The van der Waals surface area contributed by atoms with Crippen molar-refractivity contribution in [3.05, 3.63) is 0 Å². The van der Waals surface area contributed by atoms with Gasteiger partial charge in [-0.05, 0) is 20.8 Å². The van der Waals surface area contributed by atoms with E-state index >= 15 is 0 Å². The van der Waals surface area contributed by atoms with E-state index in [9.17, 15) is 8.42 Å². The van der Waals surface area contributed by atoms with Gasteiger partial charge in [-0.2, -0.15) is 0 Å². The van der Waals surface area contributed by atoms with Crippen molar-refractivity contribution in [1.82, 2.24) is 0 Å². The Morgan fingerprint density at radius 1 is 1.33 bits per heavy atom. The van der Waals surface area contributed by atoms with Crippen LogP contribution in [0.15, 0.2) is 0 Å². The number of rotatable bonds is 1. The van der Waals surface area contributed by atoms with Crippen LogP contribution in [0, 0.1) is 5.41 Å². The van der Waals surface area contributed by atoms with E-state index in [2.05, 4.69) is 0 Å². The van der Waals surface area contributed by atoms with Gasteiger partial charge >= 0.3 is 0 Å². The fourth-order valence-corrected chi connectivity index (χ4v) is 0.530. The van der Waals surface area contributed by atoms with Crippen LogP contribution < -0.4 is 0 Å². The van der Waals surface area contributed by atoms with Gasteiger partial charge in [0.25, 0.3) is 0 Å².